The number of hydrogen-bond acceptors (Lipinski definition) is 3. The third-order valence-corrected chi connectivity index (χ3v) is 5.34. The number of nitrogens with two attached hydrogens (primary N) is 1. The molecule has 1 aromatic heterocycles. The second-order valence-corrected chi connectivity index (χ2v) is 6.69. The Morgan fingerprint density at radius 1 is 1.38 bits per heavy atom. The van der Waals surface area contributed by atoms with Crippen molar-refractivity contribution in [3.8, 4) is 0 Å². The molecule has 1 spiro atoms. The first-order valence-electron chi connectivity index (χ1n) is 8.05. The molecule has 0 radical (unpaired) electrons. The number of imidazole rings is 1. The monoisotopic (exact) mass is 285 g/mol. The molecular formula is C17H23N3O. The summed E-state index contributed by atoms with van der Waals surface area (Å²) in [6, 6.07) is 8.44. The minimum atomic E-state index is 0.178. The van der Waals surface area contributed by atoms with Gasteiger partial charge in [0.05, 0.1) is 23.0 Å². The molecule has 2 heterocycles. The number of fused-ring (bicyclic) bond motifs is 1. The van der Waals surface area contributed by atoms with E-state index in [1.165, 1.54) is 24.8 Å². The Labute approximate surface area is 125 Å². The molecule has 0 bridgehead atoms. The van der Waals surface area contributed by atoms with Crippen molar-refractivity contribution in [2.24, 2.45) is 11.7 Å². The molecule has 2 fully saturated rings. The first kappa shape index (κ1) is 13.3. The van der Waals surface area contributed by atoms with Crippen LogP contribution in [0, 0.1) is 5.92 Å². The molecule has 1 saturated heterocycles. The van der Waals surface area contributed by atoms with E-state index < -0.39 is 0 Å². The third-order valence-electron chi connectivity index (χ3n) is 5.34. The summed E-state index contributed by atoms with van der Waals surface area (Å²) in [5.41, 5.74) is 8.93. The summed E-state index contributed by atoms with van der Waals surface area (Å²) in [4.78, 5) is 4.46. The van der Waals surface area contributed by atoms with Crippen LogP contribution in [-0.4, -0.2) is 27.8 Å². The van der Waals surface area contributed by atoms with E-state index in [4.69, 9.17) is 10.5 Å². The zero-order valence-electron chi connectivity index (χ0n) is 12.4. The zero-order chi connectivity index (χ0) is 14.3. The smallest absolute Gasteiger partial charge is 0.0958 e. The molecule has 21 heavy (non-hydrogen) atoms. The minimum absolute atomic E-state index is 0.178. The van der Waals surface area contributed by atoms with Gasteiger partial charge in [0.25, 0.3) is 0 Å². The molecule has 1 saturated carbocycles. The Morgan fingerprint density at radius 2 is 2.24 bits per heavy atom. The van der Waals surface area contributed by atoms with E-state index >= 15 is 0 Å². The fourth-order valence-corrected chi connectivity index (χ4v) is 3.88. The average molecular weight is 285 g/mol. The van der Waals surface area contributed by atoms with Crippen LogP contribution in [0.4, 0.5) is 0 Å². The second kappa shape index (κ2) is 5.11. The molecule has 1 aromatic carbocycles. The summed E-state index contributed by atoms with van der Waals surface area (Å²) >= 11 is 0. The fraction of sp³-hybridized carbons (Fsp3) is 0.588. The van der Waals surface area contributed by atoms with E-state index in [0.717, 1.165) is 31.5 Å². The molecule has 0 amide bonds. The Balaban J connectivity index is 1.49. The van der Waals surface area contributed by atoms with Gasteiger partial charge in [0.15, 0.2) is 0 Å². The van der Waals surface area contributed by atoms with Gasteiger partial charge in [-0.15, -0.1) is 0 Å². The van der Waals surface area contributed by atoms with Crippen molar-refractivity contribution in [3.63, 3.8) is 0 Å². The fourth-order valence-electron chi connectivity index (χ4n) is 3.88. The maximum absolute atomic E-state index is 6.53. The van der Waals surface area contributed by atoms with Gasteiger partial charge in [0.1, 0.15) is 0 Å². The van der Waals surface area contributed by atoms with Gasteiger partial charge >= 0.3 is 0 Å². The van der Waals surface area contributed by atoms with Crippen molar-refractivity contribution in [2.45, 2.75) is 50.3 Å². The number of rotatable bonds is 3. The molecule has 4 nitrogen and oxygen atoms in total. The van der Waals surface area contributed by atoms with Crippen LogP contribution in [0.1, 0.15) is 32.1 Å². The summed E-state index contributed by atoms with van der Waals surface area (Å²) in [6.45, 7) is 1.73. The van der Waals surface area contributed by atoms with Crippen LogP contribution in [0.15, 0.2) is 30.6 Å². The van der Waals surface area contributed by atoms with Gasteiger partial charge in [0.2, 0.25) is 0 Å². The van der Waals surface area contributed by atoms with Crippen LogP contribution in [0.2, 0.25) is 0 Å². The molecule has 4 rings (SSSR count). The number of nitrogens with zero attached hydrogens (tertiary/aromatic N) is 2. The number of hydrogen-bond donors (Lipinski definition) is 1. The van der Waals surface area contributed by atoms with Crippen molar-refractivity contribution in [2.75, 3.05) is 6.61 Å². The van der Waals surface area contributed by atoms with E-state index in [1.807, 2.05) is 12.4 Å². The predicted octanol–water partition coefficient (Wildman–Crippen LogP) is 2.71. The zero-order valence-corrected chi connectivity index (χ0v) is 12.4. The van der Waals surface area contributed by atoms with Crippen LogP contribution >= 0.6 is 0 Å². The molecule has 2 unspecified atom stereocenters. The maximum Gasteiger partial charge on any atom is 0.0958 e. The van der Waals surface area contributed by atoms with Gasteiger partial charge in [-0.2, -0.15) is 0 Å². The van der Waals surface area contributed by atoms with Crippen LogP contribution in [0.25, 0.3) is 11.0 Å². The Kier molecular flexibility index (Phi) is 3.23. The van der Waals surface area contributed by atoms with Crippen molar-refractivity contribution < 1.29 is 4.74 Å². The lowest BCUT2D eigenvalue weighted by molar-refractivity contribution is -0.146. The first-order valence-corrected chi connectivity index (χ1v) is 8.05. The predicted molar refractivity (Wildman–Crippen MR) is 83.0 cm³/mol. The SMILES string of the molecule is NC(Cn1cnc2ccccc21)C1CCOC2(CCC2)C1. The van der Waals surface area contributed by atoms with Crippen molar-refractivity contribution in [1.82, 2.24) is 9.55 Å². The highest BCUT2D eigenvalue weighted by molar-refractivity contribution is 5.74. The second-order valence-electron chi connectivity index (χ2n) is 6.69. The van der Waals surface area contributed by atoms with Crippen LogP contribution in [0.3, 0.4) is 0 Å². The quantitative estimate of drug-likeness (QED) is 0.943. The number of ether oxygens (including phenoxy) is 1. The molecule has 2 N–H and O–H groups in total. The molecule has 1 aliphatic heterocycles. The topological polar surface area (TPSA) is 53.1 Å². The lowest BCUT2D eigenvalue weighted by Crippen LogP contribution is -2.50. The highest BCUT2D eigenvalue weighted by Crippen LogP contribution is 2.44. The van der Waals surface area contributed by atoms with Gasteiger partial charge in [-0.25, -0.2) is 4.98 Å². The molecular weight excluding hydrogens is 262 g/mol. The average Bonchev–Trinajstić information content (AvgIpc) is 2.89. The number of benzene rings is 1. The first-order chi connectivity index (χ1) is 10.3. The highest BCUT2D eigenvalue weighted by atomic mass is 16.5. The van der Waals surface area contributed by atoms with Crippen molar-refractivity contribution >= 4 is 11.0 Å². The normalized spacial score (nSPS) is 25.9. The van der Waals surface area contributed by atoms with Crippen LogP contribution < -0.4 is 5.73 Å². The maximum atomic E-state index is 6.53. The Bertz CT molecular complexity index is 632. The Morgan fingerprint density at radius 3 is 3.05 bits per heavy atom. The lowest BCUT2D eigenvalue weighted by atomic mass is 9.70. The number of para-hydroxylation sites is 2. The van der Waals surface area contributed by atoms with E-state index in [1.54, 1.807) is 0 Å². The van der Waals surface area contributed by atoms with E-state index in [-0.39, 0.29) is 11.6 Å². The largest absolute Gasteiger partial charge is 0.375 e. The Hall–Kier alpha value is -1.39. The molecule has 4 heteroatoms. The van der Waals surface area contributed by atoms with E-state index in [0.29, 0.717) is 5.92 Å². The molecule has 2 aromatic rings. The van der Waals surface area contributed by atoms with Gasteiger partial charge in [-0.05, 0) is 50.2 Å². The summed E-state index contributed by atoms with van der Waals surface area (Å²) in [6.07, 6.45) is 7.92. The highest BCUT2D eigenvalue weighted by Gasteiger charge is 2.43. The van der Waals surface area contributed by atoms with E-state index in [9.17, 15) is 0 Å². The lowest BCUT2D eigenvalue weighted by Gasteiger charge is -2.48. The standard InChI is InChI=1S/C17H23N3O/c18-14(13-6-9-21-17(10-13)7-3-8-17)11-20-12-19-15-4-1-2-5-16(15)20/h1-2,4-5,12-14H,3,6-11,18H2. The van der Waals surface area contributed by atoms with Gasteiger partial charge in [-0.3, -0.25) is 0 Å². The number of aromatic nitrogens is 2. The van der Waals surface area contributed by atoms with Gasteiger partial charge in [-0.1, -0.05) is 12.1 Å². The summed E-state index contributed by atoms with van der Waals surface area (Å²) in [5.74, 6) is 0.570. The van der Waals surface area contributed by atoms with Crippen LogP contribution in [0.5, 0.6) is 0 Å². The van der Waals surface area contributed by atoms with Gasteiger partial charge < -0.3 is 15.0 Å². The minimum Gasteiger partial charge on any atom is -0.375 e. The molecule has 2 atom stereocenters. The van der Waals surface area contributed by atoms with Crippen molar-refractivity contribution in [1.29, 1.82) is 0 Å². The molecule has 112 valence electrons. The molecule has 1 aliphatic carbocycles. The summed E-state index contributed by atoms with van der Waals surface area (Å²) < 4.78 is 8.21. The summed E-state index contributed by atoms with van der Waals surface area (Å²) in [7, 11) is 0. The van der Waals surface area contributed by atoms with E-state index in [2.05, 4.69) is 27.8 Å². The van der Waals surface area contributed by atoms with Gasteiger partial charge in [0, 0.05) is 19.2 Å². The molecule has 2 aliphatic rings. The third kappa shape index (κ3) is 2.36. The van der Waals surface area contributed by atoms with Crippen LogP contribution in [-0.2, 0) is 11.3 Å². The van der Waals surface area contributed by atoms with Crippen molar-refractivity contribution in [3.05, 3.63) is 30.6 Å². The summed E-state index contributed by atoms with van der Waals surface area (Å²) in [5, 5.41) is 0.